The maximum absolute atomic E-state index is 14.0. The summed E-state index contributed by atoms with van der Waals surface area (Å²) in [5, 5.41) is 3.54. The van der Waals surface area contributed by atoms with Crippen LogP contribution >= 0.6 is 23.2 Å². The third kappa shape index (κ3) is 7.93. The van der Waals surface area contributed by atoms with Gasteiger partial charge in [-0.1, -0.05) is 53.9 Å². The highest BCUT2D eigenvalue weighted by Gasteiger charge is 2.33. The van der Waals surface area contributed by atoms with E-state index in [4.69, 9.17) is 27.9 Å². The highest BCUT2D eigenvalue weighted by atomic mass is 35.5. The molecule has 3 aromatic carbocycles. The van der Waals surface area contributed by atoms with Crippen LogP contribution in [0.4, 0.5) is 5.69 Å². The summed E-state index contributed by atoms with van der Waals surface area (Å²) in [6, 6.07) is 16.6. The van der Waals surface area contributed by atoms with Gasteiger partial charge in [0.15, 0.2) is 0 Å². The third-order valence-corrected chi connectivity index (χ3v) is 9.30. The molecular weight excluding hydrogens is 585 g/mol. The maximum Gasteiger partial charge on any atom is 0.264 e. The van der Waals surface area contributed by atoms with E-state index in [0.29, 0.717) is 27.8 Å². The second-order valence-corrected chi connectivity index (χ2v) is 12.4. The standard InChI is InChI=1S/C30H35Cl2N3O5S/c1-6-21(3)33-30(37)22(4)34(18-26-27(31)8-7-9-28(26)32)29(36)19-35(23-12-14-24(40-5)15-13-23)41(38,39)25-16-10-20(2)11-17-25/h7-17,21-22H,6,18-19H2,1-5H3,(H,33,37)/t21-,22-/m1/s1. The number of ether oxygens (including phenoxy) is 1. The first-order chi connectivity index (χ1) is 19.4. The van der Waals surface area contributed by atoms with Crippen LogP contribution in [0.2, 0.25) is 10.0 Å². The molecule has 0 saturated heterocycles. The van der Waals surface area contributed by atoms with Crippen molar-refractivity contribution in [2.45, 2.75) is 57.6 Å². The highest BCUT2D eigenvalue weighted by Crippen LogP contribution is 2.29. The van der Waals surface area contributed by atoms with Gasteiger partial charge in [0, 0.05) is 28.2 Å². The van der Waals surface area contributed by atoms with Gasteiger partial charge < -0.3 is 15.0 Å². The zero-order chi connectivity index (χ0) is 30.3. The number of rotatable bonds is 12. The van der Waals surface area contributed by atoms with E-state index < -0.39 is 28.5 Å². The molecule has 0 saturated carbocycles. The minimum atomic E-state index is -4.18. The molecular formula is C30H35Cl2N3O5S. The second-order valence-electron chi connectivity index (χ2n) is 9.74. The molecule has 0 aromatic heterocycles. The zero-order valence-corrected chi connectivity index (χ0v) is 26.1. The smallest absolute Gasteiger partial charge is 0.264 e. The zero-order valence-electron chi connectivity index (χ0n) is 23.7. The average Bonchev–Trinajstić information content (AvgIpc) is 2.95. The van der Waals surface area contributed by atoms with Crippen LogP contribution in [-0.2, 0) is 26.2 Å². The molecule has 0 heterocycles. The minimum absolute atomic E-state index is 0.0231. The van der Waals surface area contributed by atoms with E-state index in [2.05, 4.69) is 5.32 Å². The van der Waals surface area contributed by atoms with Gasteiger partial charge in [0.25, 0.3) is 10.0 Å². The Balaban J connectivity index is 2.07. The number of aryl methyl sites for hydroxylation is 1. The van der Waals surface area contributed by atoms with Gasteiger partial charge in [-0.2, -0.15) is 0 Å². The fraction of sp³-hybridized carbons (Fsp3) is 0.333. The number of hydrogen-bond donors (Lipinski definition) is 1. The fourth-order valence-electron chi connectivity index (χ4n) is 4.02. The molecule has 0 bridgehead atoms. The first-order valence-electron chi connectivity index (χ1n) is 13.1. The van der Waals surface area contributed by atoms with Crippen molar-refractivity contribution in [1.29, 1.82) is 0 Å². The summed E-state index contributed by atoms with van der Waals surface area (Å²) < 4.78 is 34.1. The molecule has 0 spiro atoms. The van der Waals surface area contributed by atoms with Gasteiger partial charge in [-0.25, -0.2) is 8.42 Å². The Kier molecular flexibility index (Phi) is 11.1. The molecule has 0 radical (unpaired) electrons. The number of hydrogen-bond acceptors (Lipinski definition) is 5. The van der Waals surface area contributed by atoms with E-state index in [9.17, 15) is 18.0 Å². The summed E-state index contributed by atoms with van der Waals surface area (Å²) in [7, 11) is -2.68. The van der Waals surface area contributed by atoms with Crippen LogP contribution in [0, 0.1) is 6.92 Å². The van der Waals surface area contributed by atoms with Crippen molar-refractivity contribution in [1.82, 2.24) is 10.2 Å². The second kappa shape index (κ2) is 14.1. The van der Waals surface area contributed by atoms with Crippen LogP contribution in [0.1, 0.15) is 38.3 Å². The van der Waals surface area contributed by atoms with Gasteiger partial charge in [0.05, 0.1) is 17.7 Å². The van der Waals surface area contributed by atoms with Gasteiger partial charge in [0.1, 0.15) is 18.3 Å². The van der Waals surface area contributed by atoms with Crippen LogP contribution in [0.25, 0.3) is 0 Å². The number of amides is 2. The van der Waals surface area contributed by atoms with Gasteiger partial charge in [-0.15, -0.1) is 0 Å². The number of sulfonamides is 1. The molecule has 0 fully saturated rings. The Morgan fingerprint density at radius 3 is 2.07 bits per heavy atom. The van der Waals surface area contributed by atoms with E-state index in [-0.39, 0.29) is 29.1 Å². The predicted molar refractivity (Wildman–Crippen MR) is 163 cm³/mol. The summed E-state index contributed by atoms with van der Waals surface area (Å²) in [5.74, 6) is -0.467. The predicted octanol–water partition coefficient (Wildman–Crippen LogP) is 5.84. The van der Waals surface area contributed by atoms with Crippen LogP contribution in [0.5, 0.6) is 5.75 Å². The van der Waals surface area contributed by atoms with E-state index in [1.165, 1.54) is 24.1 Å². The summed E-state index contributed by atoms with van der Waals surface area (Å²) >= 11 is 12.8. The molecule has 3 aromatic rings. The van der Waals surface area contributed by atoms with Gasteiger partial charge in [-0.3, -0.25) is 13.9 Å². The van der Waals surface area contributed by atoms with Crippen molar-refractivity contribution in [3.8, 4) is 5.75 Å². The van der Waals surface area contributed by atoms with Crippen molar-refractivity contribution in [3.05, 3.63) is 87.9 Å². The van der Waals surface area contributed by atoms with Crippen molar-refractivity contribution in [2.24, 2.45) is 0 Å². The van der Waals surface area contributed by atoms with Gasteiger partial charge in [0.2, 0.25) is 11.8 Å². The van der Waals surface area contributed by atoms with Crippen LogP contribution in [0.15, 0.2) is 71.6 Å². The molecule has 2 amide bonds. The molecule has 3 rings (SSSR count). The van der Waals surface area contributed by atoms with Gasteiger partial charge in [-0.05, 0) is 75.7 Å². The van der Waals surface area contributed by atoms with Crippen molar-refractivity contribution in [2.75, 3.05) is 18.0 Å². The van der Waals surface area contributed by atoms with Crippen molar-refractivity contribution in [3.63, 3.8) is 0 Å². The first kappa shape index (κ1) is 32.2. The lowest BCUT2D eigenvalue weighted by atomic mass is 10.1. The number of methoxy groups -OCH3 is 1. The molecule has 220 valence electrons. The first-order valence-corrected chi connectivity index (χ1v) is 15.3. The summed E-state index contributed by atoms with van der Waals surface area (Å²) in [6.07, 6.45) is 0.697. The molecule has 0 aliphatic rings. The normalized spacial score (nSPS) is 12.8. The number of anilines is 1. The van der Waals surface area contributed by atoms with E-state index in [0.717, 1.165) is 9.87 Å². The number of halogens is 2. The number of benzene rings is 3. The lowest BCUT2D eigenvalue weighted by molar-refractivity contribution is -0.139. The Bertz CT molecular complexity index is 1440. The third-order valence-electron chi connectivity index (χ3n) is 6.81. The largest absolute Gasteiger partial charge is 0.497 e. The Hall–Kier alpha value is -3.27. The summed E-state index contributed by atoms with van der Waals surface area (Å²) in [6.45, 7) is 6.56. The number of nitrogens with zero attached hydrogens (tertiary/aromatic N) is 2. The Labute approximate surface area is 252 Å². The Morgan fingerprint density at radius 1 is 0.951 bits per heavy atom. The van der Waals surface area contributed by atoms with Crippen molar-refractivity contribution < 1.29 is 22.7 Å². The number of carbonyl (C=O) groups excluding carboxylic acids is 2. The number of carbonyl (C=O) groups is 2. The summed E-state index contributed by atoms with van der Waals surface area (Å²) in [4.78, 5) is 28.5. The lowest BCUT2D eigenvalue weighted by Crippen LogP contribution is -2.52. The van der Waals surface area contributed by atoms with E-state index >= 15 is 0 Å². The minimum Gasteiger partial charge on any atom is -0.497 e. The summed E-state index contributed by atoms with van der Waals surface area (Å²) in [5.41, 5.74) is 1.59. The molecule has 11 heteroatoms. The molecule has 2 atom stereocenters. The maximum atomic E-state index is 14.0. The molecule has 0 aliphatic carbocycles. The quantitative estimate of drug-likeness (QED) is 0.275. The van der Waals surface area contributed by atoms with Crippen LogP contribution < -0.4 is 14.4 Å². The monoisotopic (exact) mass is 619 g/mol. The van der Waals surface area contributed by atoms with Crippen LogP contribution in [-0.4, -0.2) is 50.9 Å². The molecule has 0 unspecified atom stereocenters. The van der Waals surface area contributed by atoms with Gasteiger partial charge >= 0.3 is 0 Å². The number of nitrogens with one attached hydrogen (secondary N) is 1. The van der Waals surface area contributed by atoms with E-state index in [1.54, 1.807) is 61.5 Å². The average molecular weight is 621 g/mol. The topological polar surface area (TPSA) is 96.0 Å². The molecule has 8 nitrogen and oxygen atoms in total. The molecule has 1 N–H and O–H groups in total. The SMILES string of the molecule is CC[C@@H](C)NC(=O)[C@@H](C)N(Cc1c(Cl)cccc1Cl)C(=O)CN(c1ccc(OC)cc1)S(=O)(=O)c1ccc(C)cc1. The van der Waals surface area contributed by atoms with Crippen molar-refractivity contribution >= 4 is 50.7 Å². The Morgan fingerprint density at radius 2 is 1.54 bits per heavy atom. The fourth-order valence-corrected chi connectivity index (χ4v) is 5.95. The lowest BCUT2D eigenvalue weighted by Gasteiger charge is -2.33. The molecule has 41 heavy (non-hydrogen) atoms. The highest BCUT2D eigenvalue weighted by molar-refractivity contribution is 7.92. The molecule has 0 aliphatic heterocycles. The van der Waals surface area contributed by atoms with E-state index in [1.807, 2.05) is 20.8 Å². The van der Waals surface area contributed by atoms with Crippen LogP contribution in [0.3, 0.4) is 0 Å².